The normalized spacial score (nSPS) is 11.9. The summed E-state index contributed by atoms with van der Waals surface area (Å²) in [7, 11) is 2.90. The molecule has 0 radical (unpaired) electrons. The number of pyridine rings is 1. The minimum atomic E-state index is -0.563. The Morgan fingerprint density at radius 1 is 1.09 bits per heavy atom. The number of aromatic nitrogens is 3. The summed E-state index contributed by atoms with van der Waals surface area (Å²) in [6.07, 6.45) is 1.31. The van der Waals surface area contributed by atoms with E-state index in [-0.39, 0.29) is 22.4 Å². The van der Waals surface area contributed by atoms with Crippen molar-refractivity contribution in [3.05, 3.63) is 98.6 Å². The fourth-order valence-corrected chi connectivity index (χ4v) is 3.50. The molecule has 168 valence electrons. The minimum absolute atomic E-state index is 0.120. The van der Waals surface area contributed by atoms with Crippen LogP contribution in [0.4, 0.5) is 4.39 Å². The highest BCUT2D eigenvalue weighted by molar-refractivity contribution is 5.97. The maximum absolute atomic E-state index is 13.2. The molecule has 9 heteroatoms. The molecular weight excluding hydrogens is 427 g/mol. The molecular formula is C24H21FN4O4. The zero-order valence-corrected chi connectivity index (χ0v) is 18.2. The molecule has 0 fully saturated rings. The van der Waals surface area contributed by atoms with Gasteiger partial charge in [-0.15, -0.1) is 0 Å². The predicted octanol–water partition coefficient (Wildman–Crippen LogP) is 2.72. The monoisotopic (exact) mass is 448 g/mol. The van der Waals surface area contributed by atoms with E-state index in [0.717, 1.165) is 10.1 Å². The van der Waals surface area contributed by atoms with Crippen LogP contribution in [0.5, 0.6) is 5.75 Å². The Morgan fingerprint density at radius 2 is 1.76 bits per heavy atom. The van der Waals surface area contributed by atoms with Gasteiger partial charge in [0.15, 0.2) is 5.65 Å². The summed E-state index contributed by atoms with van der Waals surface area (Å²) >= 11 is 0. The van der Waals surface area contributed by atoms with Gasteiger partial charge in [0.25, 0.3) is 11.5 Å². The summed E-state index contributed by atoms with van der Waals surface area (Å²) in [5.41, 5.74) is 0.393. The number of ether oxygens (including phenoxy) is 1. The second kappa shape index (κ2) is 8.70. The van der Waals surface area contributed by atoms with Gasteiger partial charge in [0, 0.05) is 13.2 Å². The summed E-state index contributed by atoms with van der Waals surface area (Å²) < 4.78 is 20.6. The Labute approximate surface area is 187 Å². The molecule has 0 spiro atoms. The number of amides is 1. The van der Waals surface area contributed by atoms with Crippen molar-refractivity contribution >= 4 is 16.9 Å². The van der Waals surface area contributed by atoms with Crippen molar-refractivity contribution in [3.63, 3.8) is 0 Å². The van der Waals surface area contributed by atoms with Crippen molar-refractivity contribution in [2.75, 3.05) is 7.11 Å². The number of fused-ring (bicyclic) bond motifs is 1. The van der Waals surface area contributed by atoms with Gasteiger partial charge in [-0.05, 0) is 55.0 Å². The molecule has 0 unspecified atom stereocenters. The van der Waals surface area contributed by atoms with Crippen molar-refractivity contribution < 1.29 is 13.9 Å². The van der Waals surface area contributed by atoms with E-state index in [1.807, 2.05) is 0 Å². The van der Waals surface area contributed by atoms with Gasteiger partial charge in [0.05, 0.1) is 29.8 Å². The first-order valence-electron chi connectivity index (χ1n) is 10.1. The molecule has 2 heterocycles. The standard InChI is InChI=1S/C24H21FN4O4/c1-14(15-4-6-17(25)7-5-15)27-22(30)16-12-20-21(26-13-16)29(24(32)28(2)23(20)31)18-8-10-19(33-3)11-9-18/h4-14H,1-3H3,(H,27,30)/t14-/m0/s1. The van der Waals surface area contributed by atoms with Crippen LogP contribution in [0.15, 0.2) is 70.4 Å². The third-order valence-electron chi connectivity index (χ3n) is 5.40. The van der Waals surface area contributed by atoms with Crippen LogP contribution in [0, 0.1) is 5.82 Å². The Kier molecular flexibility index (Phi) is 5.78. The first kappa shape index (κ1) is 21.9. The van der Waals surface area contributed by atoms with Crippen LogP contribution in [0.25, 0.3) is 16.7 Å². The van der Waals surface area contributed by atoms with E-state index >= 15 is 0 Å². The van der Waals surface area contributed by atoms with E-state index in [2.05, 4.69) is 10.3 Å². The number of nitrogens with one attached hydrogen (secondary N) is 1. The van der Waals surface area contributed by atoms with E-state index in [1.165, 1.54) is 43.1 Å². The lowest BCUT2D eigenvalue weighted by Crippen LogP contribution is -2.38. The number of benzene rings is 2. The molecule has 1 amide bonds. The highest BCUT2D eigenvalue weighted by atomic mass is 19.1. The van der Waals surface area contributed by atoms with E-state index in [1.54, 1.807) is 43.3 Å². The molecule has 1 atom stereocenters. The molecule has 0 saturated heterocycles. The average Bonchev–Trinajstić information content (AvgIpc) is 2.83. The van der Waals surface area contributed by atoms with Crippen LogP contribution in [0.1, 0.15) is 28.9 Å². The molecule has 33 heavy (non-hydrogen) atoms. The first-order valence-corrected chi connectivity index (χ1v) is 10.1. The lowest BCUT2D eigenvalue weighted by atomic mass is 10.1. The van der Waals surface area contributed by atoms with Crippen LogP contribution in [0.2, 0.25) is 0 Å². The highest BCUT2D eigenvalue weighted by Gasteiger charge is 2.18. The summed E-state index contributed by atoms with van der Waals surface area (Å²) in [5, 5.41) is 2.93. The minimum Gasteiger partial charge on any atom is -0.497 e. The molecule has 8 nitrogen and oxygen atoms in total. The largest absolute Gasteiger partial charge is 0.497 e. The fraction of sp³-hybridized carbons (Fsp3) is 0.167. The summed E-state index contributed by atoms with van der Waals surface area (Å²) in [6.45, 7) is 1.76. The molecule has 0 saturated carbocycles. The number of hydrogen-bond acceptors (Lipinski definition) is 5. The predicted molar refractivity (Wildman–Crippen MR) is 121 cm³/mol. The van der Waals surface area contributed by atoms with Crippen LogP contribution in [-0.4, -0.2) is 27.1 Å². The van der Waals surface area contributed by atoms with Crippen molar-refractivity contribution in [2.45, 2.75) is 13.0 Å². The number of nitrogens with zero attached hydrogens (tertiary/aromatic N) is 3. The van der Waals surface area contributed by atoms with Gasteiger partial charge in [0.1, 0.15) is 11.6 Å². The Balaban J connectivity index is 1.75. The highest BCUT2D eigenvalue weighted by Crippen LogP contribution is 2.18. The van der Waals surface area contributed by atoms with Crippen molar-refractivity contribution in [1.29, 1.82) is 0 Å². The van der Waals surface area contributed by atoms with Crippen LogP contribution < -0.4 is 21.3 Å². The Hall–Kier alpha value is -4.27. The van der Waals surface area contributed by atoms with Gasteiger partial charge >= 0.3 is 5.69 Å². The maximum Gasteiger partial charge on any atom is 0.337 e. The van der Waals surface area contributed by atoms with Gasteiger partial charge in [-0.1, -0.05) is 12.1 Å². The topological polar surface area (TPSA) is 95.2 Å². The Morgan fingerprint density at radius 3 is 2.39 bits per heavy atom. The van der Waals surface area contributed by atoms with Gasteiger partial charge in [-0.2, -0.15) is 0 Å². The molecule has 0 aliphatic carbocycles. The molecule has 0 aliphatic rings. The molecule has 4 aromatic rings. The summed E-state index contributed by atoms with van der Waals surface area (Å²) in [5.74, 6) is -0.205. The van der Waals surface area contributed by atoms with Crippen LogP contribution in [-0.2, 0) is 7.05 Å². The molecule has 1 N–H and O–H groups in total. The second-order valence-electron chi connectivity index (χ2n) is 7.52. The van der Waals surface area contributed by atoms with Crippen LogP contribution in [0.3, 0.4) is 0 Å². The SMILES string of the molecule is COc1ccc(-n2c(=O)n(C)c(=O)c3cc(C(=O)N[C@@H](C)c4ccc(F)cc4)cnc32)cc1. The number of hydrogen-bond donors (Lipinski definition) is 1. The first-order chi connectivity index (χ1) is 15.8. The van der Waals surface area contributed by atoms with Crippen LogP contribution >= 0.6 is 0 Å². The van der Waals surface area contributed by atoms with Crippen molar-refractivity contribution in [2.24, 2.45) is 7.05 Å². The third-order valence-corrected chi connectivity index (χ3v) is 5.40. The van der Waals surface area contributed by atoms with Gasteiger partial charge < -0.3 is 10.1 Å². The van der Waals surface area contributed by atoms with E-state index in [0.29, 0.717) is 11.4 Å². The maximum atomic E-state index is 13.2. The van der Waals surface area contributed by atoms with Gasteiger partial charge in [-0.3, -0.25) is 14.2 Å². The number of carbonyl (C=O) groups excluding carboxylic acids is 1. The van der Waals surface area contributed by atoms with Gasteiger partial charge in [0.2, 0.25) is 0 Å². The second-order valence-corrected chi connectivity index (χ2v) is 7.52. The van der Waals surface area contributed by atoms with Gasteiger partial charge in [-0.25, -0.2) is 18.7 Å². The number of halogens is 1. The lowest BCUT2D eigenvalue weighted by Gasteiger charge is -2.15. The summed E-state index contributed by atoms with van der Waals surface area (Å²) in [4.78, 5) is 42.8. The van der Waals surface area contributed by atoms with Crippen molar-refractivity contribution in [1.82, 2.24) is 19.4 Å². The zero-order chi connectivity index (χ0) is 23.7. The van der Waals surface area contributed by atoms with Crippen molar-refractivity contribution in [3.8, 4) is 11.4 Å². The quantitative estimate of drug-likeness (QED) is 0.507. The Bertz CT molecular complexity index is 1460. The summed E-state index contributed by atoms with van der Waals surface area (Å²) in [6, 6.07) is 13.6. The van der Waals surface area contributed by atoms with E-state index in [9.17, 15) is 18.8 Å². The lowest BCUT2D eigenvalue weighted by molar-refractivity contribution is 0.0939. The average molecular weight is 448 g/mol. The molecule has 0 bridgehead atoms. The number of carbonyl (C=O) groups is 1. The number of rotatable bonds is 5. The smallest absolute Gasteiger partial charge is 0.337 e. The zero-order valence-electron chi connectivity index (χ0n) is 18.2. The molecule has 4 rings (SSSR count). The molecule has 0 aliphatic heterocycles. The molecule has 2 aromatic carbocycles. The van der Waals surface area contributed by atoms with E-state index in [4.69, 9.17) is 4.74 Å². The fourth-order valence-electron chi connectivity index (χ4n) is 3.50. The number of methoxy groups -OCH3 is 1. The third kappa shape index (κ3) is 4.12. The molecule has 2 aromatic heterocycles. The van der Waals surface area contributed by atoms with E-state index < -0.39 is 23.2 Å².